The third kappa shape index (κ3) is 3.81. The molecule has 0 spiro atoms. The van der Waals surface area contributed by atoms with Gasteiger partial charge in [0, 0.05) is 25.4 Å². The first kappa shape index (κ1) is 14.0. The number of carbonyl (C=O) groups excluding carboxylic acids is 1. The molecule has 6 heteroatoms. The van der Waals surface area contributed by atoms with Crippen LogP contribution in [0.5, 0.6) is 0 Å². The number of nitrogens with one attached hydrogen (secondary N) is 1. The Kier molecular flexibility index (Phi) is 4.34. The molecule has 0 saturated heterocycles. The number of amides is 1. The van der Waals surface area contributed by atoms with Gasteiger partial charge in [-0.05, 0) is 31.0 Å². The van der Waals surface area contributed by atoms with Gasteiger partial charge in [-0.2, -0.15) is 0 Å². The van der Waals surface area contributed by atoms with Gasteiger partial charge in [0.05, 0.1) is 12.1 Å². The van der Waals surface area contributed by atoms with Crippen molar-refractivity contribution in [1.29, 1.82) is 0 Å². The highest BCUT2D eigenvalue weighted by molar-refractivity contribution is 5.78. The average molecular weight is 275 g/mol. The Labute approximate surface area is 116 Å². The summed E-state index contributed by atoms with van der Waals surface area (Å²) >= 11 is 0. The zero-order chi connectivity index (χ0) is 14.5. The number of aliphatic carboxylic acids is 1. The van der Waals surface area contributed by atoms with Gasteiger partial charge in [-0.15, -0.1) is 0 Å². The lowest BCUT2D eigenvalue weighted by Gasteiger charge is -2.01. The highest BCUT2D eigenvalue weighted by Crippen LogP contribution is 2.08. The summed E-state index contributed by atoms with van der Waals surface area (Å²) in [5.74, 6) is -0.995. The number of aromatic nitrogens is 2. The molecule has 2 aromatic rings. The Balaban J connectivity index is 1.88. The number of carbonyl (C=O) groups is 2. The maximum absolute atomic E-state index is 11.7. The predicted molar refractivity (Wildman–Crippen MR) is 73.5 cm³/mol. The van der Waals surface area contributed by atoms with Crippen LogP contribution in [0.15, 0.2) is 24.5 Å². The fourth-order valence-electron chi connectivity index (χ4n) is 1.92. The number of nitrogens with zero attached hydrogens (tertiary/aromatic N) is 2. The summed E-state index contributed by atoms with van der Waals surface area (Å²) in [6, 6.07) is 3.93. The predicted octanol–water partition coefficient (Wildman–Crippen LogP) is 1.17. The smallest absolute Gasteiger partial charge is 0.303 e. The van der Waals surface area contributed by atoms with Crippen molar-refractivity contribution in [3.05, 3.63) is 35.8 Å². The van der Waals surface area contributed by atoms with Crippen LogP contribution >= 0.6 is 0 Å². The minimum Gasteiger partial charge on any atom is -0.481 e. The highest BCUT2D eigenvalue weighted by atomic mass is 16.4. The van der Waals surface area contributed by atoms with Gasteiger partial charge in [0.25, 0.3) is 0 Å². The van der Waals surface area contributed by atoms with E-state index in [9.17, 15) is 9.59 Å². The molecule has 6 nitrogen and oxygen atoms in total. The molecule has 0 aliphatic heterocycles. The second kappa shape index (κ2) is 6.18. The monoisotopic (exact) mass is 275 g/mol. The molecule has 0 bridgehead atoms. The maximum Gasteiger partial charge on any atom is 0.303 e. The molecule has 0 aliphatic carbocycles. The highest BCUT2D eigenvalue weighted by Gasteiger charge is 2.07. The maximum atomic E-state index is 11.7. The van der Waals surface area contributed by atoms with E-state index in [0.29, 0.717) is 18.7 Å². The molecule has 0 aliphatic rings. The van der Waals surface area contributed by atoms with Crippen LogP contribution in [0.25, 0.3) is 5.65 Å². The Morgan fingerprint density at radius 3 is 3.00 bits per heavy atom. The number of carboxylic acids is 1. The topological polar surface area (TPSA) is 83.7 Å². The Bertz CT molecular complexity index is 634. The Morgan fingerprint density at radius 2 is 2.25 bits per heavy atom. The normalized spacial score (nSPS) is 10.7. The molecule has 2 rings (SSSR count). The summed E-state index contributed by atoms with van der Waals surface area (Å²) in [6.07, 6.45) is 4.44. The number of fused-ring (bicyclic) bond motifs is 1. The second-order valence-corrected chi connectivity index (χ2v) is 4.73. The van der Waals surface area contributed by atoms with Crippen molar-refractivity contribution < 1.29 is 14.7 Å². The van der Waals surface area contributed by atoms with E-state index < -0.39 is 5.97 Å². The summed E-state index contributed by atoms with van der Waals surface area (Å²) < 4.78 is 1.88. The van der Waals surface area contributed by atoms with Crippen molar-refractivity contribution >= 4 is 17.5 Å². The lowest BCUT2D eigenvalue weighted by molar-refractivity contribution is -0.137. The van der Waals surface area contributed by atoms with Gasteiger partial charge in [0.1, 0.15) is 5.65 Å². The Hall–Kier alpha value is -2.37. The van der Waals surface area contributed by atoms with Gasteiger partial charge in [-0.1, -0.05) is 0 Å². The van der Waals surface area contributed by atoms with Gasteiger partial charge in [0.15, 0.2) is 0 Å². The zero-order valence-electron chi connectivity index (χ0n) is 11.3. The van der Waals surface area contributed by atoms with Crippen LogP contribution in [0.1, 0.15) is 24.1 Å². The van der Waals surface area contributed by atoms with E-state index >= 15 is 0 Å². The zero-order valence-corrected chi connectivity index (χ0v) is 11.3. The molecule has 1 amide bonds. The van der Waals surface area contributed by atoms with Crippen LogP contribution in [0, 0.1) is 6.92 Å². The van der Waals surface area contributed by atoms with E-state index in [1.54, 1.807) is 0 Å². The van der Waals surface area contributed by atoms with E-state index in [4.69, 9.17) is 5.11 Å². The molecular weight excluding hydrogens is 258 g/mol. The van der Waals surface area contributed by atoms with E-state index in [1.165, 1.54) is 0 Å². The van der Waals surface area contributed by atoms with Crippen LogP contribution in [-0.2, 0) is 16.0 Å². The van der Waals surface area contributed by atoms with Crippen molar-refractivity contribution in [3.63, 3.8) is 0 Å². The van der Waals surface area contributed by atoms with E-state index in [2.05, 4.69) is 10.3 Å². The average Bonchev–Trinajstić information content (AvgIpc) is 2.75. The standard InChI is InChI=1S/C14H17N3O3/c1-10-4-6-17-9-11(16-12(17)7-10)8-13(18)15-5-2-3-14(19)20/h4,6-7,9H,2-3,5,8H2,1H3,(H,15,18)(H,19,20). The summed E-state index contributed by atoms with van der Waals surface area (Å²) in [4.78, 5) is 26.4. The van der Waals surface area contributed by atoms with Crippen LogP contribution in [0.4, 0.5) is 0 Å². The van der Waals surface area contributed by atoms with Gasteiger partial charge < -0.3 is 14.8 Å². The van der Waals surface area contributed by atoms with Crippen LogP contribution in [0.3, 0.4) is 0 Å². The fourth-order valence-corrected chi connectivity index (χ4v) is 1.92. The van der Waals surface area contributed by atoms with Gasteiger partial charge in [0.2, 0.25) is 5.91 Å². The van der Waals surface area contributed by atoms with Gasteiger partial charge in [-0.3, -0.25) is 9.59 Å². The number of pyridine rings is 1. The molecule has 2 aromatic heterocycles. The lowest BCUT2D eigenvalue weighted by atomic mass is 10.3. The van der Waals surface area contributed by atoms with E-state index in [1.807, 2.05) is 35.9 Å². The first-order valence-electron chi connectivity index (χ1n) is 6.47. The summed E-state index contributed by atoms with van der Waals surface area (Å²) in [6.45, 7) is 2.36. The number of carboxylic acid groups (broad SMARTS) is 1. The minimum atomic E-state index is -0.852. The van der Waals surface area contributed by atoms with Gasteiger partial charge in [-0.25, -0.2) is 4.98 Å². The first-order chi connectivity index (χ1) is 9.54. The number of aryl methyl sites for hydroxylation is 1. The SMILES string of the molecule is Cc1ccn2cc(CC(=O)NCCCC(=O)O)nc2c1. The van der Waals surface area contributed by atoms with Crippen molar-refractivity contribution in [2.75, 3.05) is 6.54 Å². The number of hydrogen-bond acceptors (Lipinski definition) is 3. The summed E-state index contributed by atoms with van der Waals surface area (Å²) in [7, 11) is 0. The third-order valence-corrected chi connectivity index (χ3v) is 2.90. The molecule has 106 valence electrons. The van der Waals surface area contributed by atoms with Crippen molar-refractivity contribution in [2.24, 2.45) is 0 Å². The van der Waals surface area contributed by atoms with E-state index in [-0.39, 0.29) is 18.7 Å². The number of rotatable bonds is 6. The van der Waals surface area contributed by atoms with Gasteiger partial charge >= 0.3 is 5.97 Å². The number of hydrogen-bond donors (Lipinski definition) is 2. The molecule has 2 heterocycles. The quantitative estimate of drug-likeness (QED) is 0.775. The molecular formula is C14H17N3O3. The molecule has 0 radical (unpaired) electrons. The van der Waals surface area contributed by atoms with Crippen LogP contribution in [-0.4, -0.2) is 32.9 Å². The second-order valence-electron chi connectivity index (χ2n) is 4.73. The minimum absolute atomic E-state index is 0.0634. The molecule has 2 N–H and O–H groups in total. The van der Waals surface area contributed by atoms with Crippen molar-refractivity contribution in [2.45, 2.75) is 26.2 Å². The summed E-state index contributed by atoms with van der Waals surface area (Å²) in [5, 5.41) is 11.2. The fraction of sp³-hybridized carbons (Fsp3) is 0.357. The van der Waals surface area contributed by atoms with Crippen molar-refractivity contribution in [3.8, 4) is 0 Å². The number of imidazole rings is 1. The molecule has 0 aromatic carbocycles. The van der Waals surface area contributed by atoms with E-state index in [0.717, 1.165) is 11.2 Å². The summed E-state index contributed by atoms with van der Waals surface area (Å²) in [5.41, 5.74) is 2.64. The molecule has 20 heavy (non-hydrogen) atoms. The van der Waals surface area contributed by atoms with Crippen molar-refractivity contribution in [1.82, 2.24) is 14.7 Å². The molecule has 0 unspecified atom stereocenters. The molecule has 0 fully saturated rings. The largest absolute Gasteiger partial charge is 0.481 e. The first-order valence-corrected chi connectivity index (χ1v) is 6.47. The lowest BCUT2D eigenvalue weighted by Crippen LogP contribution is -2.26. The Morgan fingerprint density at radius 1 is 1.45 bits per heavy atom. The molecule has 0 saturated carbocycles. The molecule has 0 atom stereocenters. The van der Waals surface area contributed by atoms with Crippen LogP contribution in [0.2, 0.25) is 0 Å². The third-order valence-electron chi connectivity index (χ3n) is 2.90. The van der Waals surface area contributed by atoms with Crippen LogP contribution < -0.4 is 5.32 Å².